The van der Waals surface area contributed by atoms with Gasteiger partial charge in [0.1, 0.15) is 13.2 Å². The first kappa shape index (κ1) is 19.9. The van der Waals surface area contributed by atoms with Crippen molar-refractivity contribution in [3.8, 4) is 17.2 Å². The van der Waals surface area contributed by atoms with Crippen molar-refractivity contribution in [3.05, 3.63) is 53.6 Å². The number of ether oxygens (including phenoxy) is 2. The minimum Gasteiger partial charge on any atom is -0.486 e. The number of hydrogen-bond acceptors (Lipinski definition) is 7. The lowest BCUT2D eigenvalue weighted by atomic mass is 10.0. The largest absolute Gasteiger partial charge is 0.486 e. The molecule has 0 unspecified atom stereocenters. The van der Waals surface area contributed by atoms with Crippen molar-refractivity contribution >= 4 is 17.7 Å². The molecule has 5 rings (SSSR count). The highest BCUT2D eigenvalue weighted by Crippen LogP contribution is 2.38. The first-order chi connectivity index (χ1) is 15.2. The molecule has 160 valence electrons. The second-order valence-corrected chi connectivity index (χ2v) is 8.59. The van der Waals surface area contributed by atoms with Crippen LogP contribution in [0.3, 0.4) is 0 Å². The van der Waals surface area contributed by atoms with Crippen LogP contribution in [0.15, 0.2) is 47.6 Å². The Labute approximate surface area is 184 Å². The summed E-state index contributed by atoms with van der Waals surface area (Å²) in [6.07, 6.45) is 1.92. The van der Waals surface area contributed by atoms with Crippen LogP contribution in [0.2, 0.25) is 0 Å². The van der Waals surface area contributed by atoms with Crippen LogP contribution in [0.4, 0.5) is 0 Å². The Bertz CT molecular complexity index is 1090. The maximum atomic E-state index is 13.1. The fourth-order valence-electron chi connectivity index (χ4n) is 4.01. The van der Waals surface area contributed by atoms with Gasteiger partial charge in [-0.2, -0.15) is 4.68 Å². The van der Waals surface area contributed by atoms with Crippen LogP contribution in [-0.4, -0.2) is 56.5 Å². The minimum absolute atomic E-state index is 0.0528. The Morgan fingerprint density at radius 2 is 1.94 bits per heavy atom. The Morgan fingerprint density at radius 1 is 1.13 bits per heavy atom. The third kappa shape index (κ3) is 4.10. The van der Waals surface area contributed by atoms with Crippen molar-refractivity contribution in [2.75, 3.05) is 25.5 Å². The number of thioether (sulfide) groups is 1. The van der Waals surface area contributed by atoms with E-state index in [4.69, 9.17) is 9.47 Å². The molecule has 3 aromatic rings. The molecular formula is C22H23N5O3S. The Balaban J connectivity index is 1.28. The molecule has 1 aromatic heterocycles. The molecular weight excluding hydrogens is 414 g/mol. The monoisotopic (exact) mass is 437 g/mol. The highest BCUT2D eigenvalue weighted by atomic mass is 32.2. The van der Waals surface area contributed by atoms with Crippen molar-refractivity contribution in [3.63, 3.8) is 0 Å². The highest BCUT2D eigenvalue weighted by Gasteiger charge is 2.31. The fraction of sp³-hybridized carbons (Fsp3) is 0.364. The van der Waals surface area contributed by atoms with E-state index in [-0.39, 0.29) is 17.7 Å². The SMILES string of the molecule is Cc1ccc(-n2nnnc2SCC(=O)N2CCC[C@H]2c2ccc3c(c2)OCCO3)cc1. The number of aromatic nitrogens is 4. The van der Waals surface area contributed by atoms with Crippen molar-refractivity contribution in [2.45, 2.75) is 31.0 Å². The van der Waals surface area contributed by atoms with E-state index in [0.29, 0.717) is 18.4 Å². The number of aryl methyl sites for hydroxylation is 1. The van der Waals surface area contributed by atoms with Gasteiger partial charge in [0.2, 0.25) is 11.1 Å². The third-order valence-electron chi connectivity index (χ3n) is 5.57. The number of likely N-dealkylation sites (tertiary alicyclic amines) is 1. The number of fused-ring (bicyclic) bond motifs is 1. The predicted molar refractivity (Wildman–Crippen MR) is 116 cm³/mol. The number of amides is 1. The van der Waals surface area contributed by atoms with E-state index in [0.717, 1.165) is 42.1 Å². The Kier molecular flexibility index (Phi) is 5.50. The molecule has 2 aromatic carbocycles. The summed E-state index contributed by atoms with van der Waals surface area (Å²) < 4.78 is 13.0. The van der Waals surface area contributed by atoms with Gasteiger partial charge in [-0.3, -0.25) is 4.79 Å². The summed E-state index contributed by atoms with van der Waals surface area (Å²) in [5.74, 6) is 1.90. The smallest absolute Gasteiger partial charge is 0.233 e. The van der Waals surface area contributed by atoms with Gasteiger partial charge in [0.25, 0.3) is 0 Å². The lowest BCUT2D eigenvalue weighted by molar-refractivity contribution is -0.129. The normalized spacial score (nSPS) is 17.7. The number of rotatable bonds is 5. The van der Waals surface area contributed by atoms with Gasteiger partial charge in [0.05, 0.1) is 17.5 Å². The van der Waals surface area contributed by atoms with Gasteiger partial charge in [-0.25, -0.2) is 0 Å². The number of hydrogen-bond donors (Lipinski definition) is 0. The summed E-state index contributed by atoms with van der Waals surface area (Å²) in [4.78, 5) is 15.0. The molecule has 1 fully saturated rings. The van der Waals surface area contributed by atoms with Crippen molar-refractivity contribution in [1.82, 2.24) is 25.1 Å². The van der Waals surface area contributed by atoms with Crippen molar-refractivity contribution < 1.29 is 14.3 Å². The topological polar surface area (TPSA) is 82.4 Å². The summed E-state index contributed by atoms with van der Waals surface area (Å²) in [6, 6.07) is 14.0. The van der Waals surface area contributed by atoms with Gasteiger partial charge in [-0.05, 0) is 60.0 Å². The summed E-state index contributed by atoms with van der Waals surface area (Å²) >= 11 is 1.36. The number of carbonyl (C=O) groups excluding carboxylic acids is 1. The maximum absolute atomic E-state index is 13.1. The van der Waals surface area contributed by atoms with Crippen LogP contribution < -0.4 is 9.47 Å². The lowest BCUT2D eigenvalue weighted by Gasteiger charge is -2.26. The standard InChI is InChI=1S/C22H23N5O3S/c1-15-4-7-17(8-5-15)27-22(23-24-25-27)31-14-21(28)26-10-2-3-18(26)16-6-9-19-20(13-16)30-12-11-29-19/h4-9,13,18H,2-3,10-12,14H2,1H3/t18-/m0/s1. The summed E-state index contributed by atoms with van der Waals surface area (Å²) in [5.41, 5.74) is 3.13. The highest BCUT2D eigenvalue weighted by molar-refractivity contribution is 7.99. The van der Waals surface area contributed by atoms with Gasteiger partial charge >= 0.3 is 0 Å². The molecule has 0 saturated carbocycles. The summed E-state index contributed by atoms with van der Waals surface area (Å²) in [5, 5.41) is 12.6. The molecule has 1 amide bonds. The number of nitrogens with zero attached hydrogens (tertiary/aromatic N) is 5. The average molecular weight is 438 g/mol. The van der Waals surface area contributed by atoms with E-state index in [1.54, 1.807) is 4.68 Å². The Morgan fingerprint density at radius 3 is 2.77 bits per heavy atom. The van der Waals surface area contributed by atoms with Gasteiger partial charge in [-0.15, -0.1) is 5.10 Å². The van der Waals surface area contributed by atoms with Crippen LogP contribution >= 0.6 is 11.8 Å². The van der Waals surface area contributed by atoms with Gasteiger partial charge in [-0.1, -0.05) is 35.5 Å². The van der Waals surface area contributed by atoms with Crippen LogP contribution in [0, 0.1) is 6.92 Å². The second kappa shape index (κ2) is 8.58. The van der Waals surface area contributed by atoms with Gasteiger partial charge in [0.15, 0.2) is 11.5 Å². The number of tetrazole rings is 1. The van der Waals surface area contributed by atoms with Gasteiger partial charge in [0, 0.05) is 6.54 Å². The summed E-state index contributed by atoms with van der Waals surface area (Å²) in [7, 11) is 0. The molecule has 31 heavy (non-hydrogen) atoms. The molecule has 2 aliphatic heterocycles. The van der Waals surface area contributed by atoms with Crippen LogP contribution in [0.25, 0.3) is 5.69 Å². The van der Waals surface area contributed by atoms with E-state index >= 15 is 0 Å². The molecule has 8 nitrogen and oxygen atoms in total. The predicted octanol–water partition coefficient (Wildman–Crippen LogP) is 3.20. The third-order valence-corrected chi connectivity index (χ3v) is 6.47. The first-order valence-electron chi connectivity index (χ1n) is 10.4. The van der Waals surface area contributed by atoms with E-state index in [1.807, 2.05) is 54.3 Å². The number of carbonyl (C=O) groups is 1. The van der Waals surface area contributed by atoms with Crippen molar-refractivity contribution in [2.24, 2.45) is 0 Å². The van der Waals surface area contributed by atoms with Crippen LogP contribution in [0.5, 0.6) is 11.5 Å². The molecule has 0 bridgehead atoms. The van der Waals surface area contributed by atoms with E-state index < -0.39 is 0 Å². The zero-order valence-corrected chi connectivity index (χ0v) is 18.0. The molecule has 0 spiro atoms. The molecule has 1 saturated heterocycles. The quantitative estimate of drug-likeness (QED) is 0.567. The molecule has 9 heteroatoms. The molecule has 0 radical (unpaired) electrons. The van der Waals surface area contributed by atoms with Crippen LogP contribution in [0.1, 0.15) is 30.0 Å². The Hall–Kier alpha value is -3.07. The van der Waals surface area contributed by atoms with E-state index in [1.165, 1.54) is 17.3 Å². The molecule has 2 aliphatic rings. The van der Waals surface area contributed by atoms with Gasteiger partial charge < -0.3 is 14.4 Å². The zero-order chi connectivity index (χ0) is 21.2. The minimum atomic E-state index is 0.0528. The molecule has 0 N–H and O–H groups in total. The maximum Gasteiger partial charge on any atom is 0.233 e. The second-order valence-electron chi connectivity index (χ2n) is 7.65. The van der Waals surface area contributed by atoms with E-state index in [2.05, 4.69) is 15.5 Å². The van der Waals surface area contributed by atoms with E-state index in [9.17, 15) is 4.79 Å². The van der Waals surface area contributed by atoms with Crippen molar-refractivity contribution in [1.29, 1.82) is 0 Å². The lowest BCUT2D eigenvalue weighted by Crippen LogP contribution is -2.32. The molecule has 0 aliphatic carbocycles. The summed E-state index contributed by atoms with van der Waals surface area (Å²) in [6.45, 7) is 3.91. The van der Waals surface area contributed by atoms with Crippen LogP contribution in [-0.2, 0) is 4.79 Å². The number of benzene rings is 2. The zero-order valence-electron chi connectivity index (χ0n) is 17.2. The molecule has 1 atom stereocenters. The molecule has 3 heterocycles. The fourth-order valence-corrected chi connectivity index (χ4v) is 4.78. The first-order valence-corrected chi connectivity index (χ1v) is 11.3. The average Bonchev–Trinajstić information content (AvgIpc) is 3.47.